The molecule has 4 heteroatoms. The maximum atomic E-state index is 11.1. The van der Waals surface area contributed by atoms with Gasteiger partial charge in [0.25, 0.3) is 0 Å². The highest BCUT2D eigenvalue weighted by Crippen LogP contribution is 2.30. The lowest BCUT2D eigenvalue weighted by atomic mass is 9.93. The first kappa shape index (κ1) is 10.8. The third-order valence-electron chi connectivity index (χ3n) is 3.80. The highest BCUT2D eigenvalue weighted by atomic mass is 16.3. The quantitative estimate of drug-likeness (QED) is 0.806. The van der Waals surface area contributed by atoms with E-state index in [1.165, 1.54) is 5.56 Å². The van der Waals surface area contributed by atoms with Crippen molar-refractivity contribution in [1.29, 1.82) is 0 Å². The van der Waals surface area contributed by atoms with E-state index in [0.717, 1.165) is 37.8 Å². The number of aliphatic hydroxyl groups is 1. The van der Waals surface area contributed by atoms with Crippen LogP contribution in [0.3, 0.4) is 0 Å². The van der Waals surface area contributed by atoms with Gasteiger partial charge in [0.15, 0.2) is 0 Å². The van der Waals surface area contributed by atoms with E-state index in [1.807, 2.05) is 6.20 Å². The molecule has 4 nitrogen and oxygen atoms in total. The number of aliphatic hydroxyl groups excluding tert-OH is 1. The fraction of sp³-hybridized carbons (Fsp3) is 0.615. The summed E-state index contributed by atoms with van der Waals surface area (Å²) in [4.78, 5) is 11.1. The molecule has 0 radical (unpaired) electrons. The van der Waals surface area contributed by atoms with Crippen LogP contribution in [-0.4, -0.2) is 21.6 Å². The Morgan fingerprint density at radius 3 is 2.94 bits per heavy atom. The smallest absolute Gasteiger partial charge is 0.220 e. The van der Waals surface area contributed by atoms with Gasteiger partial charge in [-0.1, -0.05) is 0 Å². The van der Waals surface area contributed by atoms with Gasteiger partial charge >= 0.3 is 0 Å². The van der Waals surface area contributed by atoms with E-state index in [-0.39, 0.29) is 18.1 Å². The molecule has 2 N–H and O–H groups in total. The zero-order valence-corrected chi connectivity index (χ0v) is 9.85. The molecule has 2 unspecified atom stereocenters. The molecule has 0 aromatic carbocycles. The van der Waals surface area contributed by atoms with Crippen molar-refractivity contribution >= 4 is 5.91 Å². The zero-order chi connectivity index (χ0) is 11.8. The maximum absolute atomic E-state index is 11.1. The average molecular weight is 234 g/mol. The lowest BCUT2D eigenvalue weighted by Gasteiger charge is -2.16. The SMILES string of the molecule is O=C1CCC(Cn2cc3c(c2)C(O)CCC3)N1. The monoisotopic (exact) mass is 234 g/mol. The fourth-order valence-corrected chi connectivity index (χ4v) is 2.90. The van der Waals surface area contributed by atoms with Crippen LogP contribution >= 0.6 is 0 Å². The number of carbonyl (C=O) groups excluding carboxylic acids is 1. The van der Waals surface area contributed by atoms with E-state index in [4.69, 9.17) is 0 Å². The van der Waals surface area contributed by atoms with E-state index in [2.05, 4.69) is 16.1 Å². The molecule has 0 saturated carbocycles. The molecular weight excluding hydrogens is 216 g/mol. The molecule has 2 heterocycles. The second-order valence-corrected chi connectivity index (χ2v) is 5.15. The van der Waals surface area contributed by atoms with Gasteiger partial charge in [0.2, 0.25) is 5.91 Å². The largest absolute Gasteiger partial charge is 0.388 e. The van der Waals surface area contributed by atoms with Crippen LogP contribution in [-0.2, 0) is 17.8 Å². The molecule has 2 aliphatic rings. The van der Waals surface area contributed by atoms with Crippen LogP contribution in [0.5, 0.6) is 0 Å². The zero-order valence-electron chi connectivity index (χ0n) is 9.85. The number of hydrogen-bond donors (Lipinski definition) is 2. The number of fused-ring (bicyclic) bond motifs is 1. The Morgan fingerprint density at radius 2 is 2.24 bits per heavy atom. The van der Waals surface area contributed by atoms with Crippen LogP contribution in [0.15, 0.2) is 12.4 Å². The van der Waals surface area contributed by atoms with Crippen molar-refractivity contribution in [2.24, 2.45) is 0 Å². The van der Waals surface area contributed by atoms with Crippen LogP contribution < -0.4 is 5.32 Å². The molecule has 1 aromatic rings. The van der Waals surface area contributed by atoms with Gasteiger partial charge in [0, 0.05) is 37.0 Å². The predicted molar refractivity (Wildman–Crippen MR) is 63.5 cm³/mol. The van der Waals surface area contributed by atoms with Crippen LogP contribution in [0.25, 0.3) is 0 Å². The minimum absolute atomic E-state index is 0.159. The Balaban J connectivity index is 1.74. The molecule has 1 fully saturated rings. The molecular formula is C13H18N2O2. The van der Waals surface area contributed by atoms with E-state index in [9.17, 15) is 9.90 Å². The number of hydrogen-bond acceptors (Lipinski definition) is 2. The highest BCUT2D eigenvalue weighted by Gasteiger charge is 2.23. The summed E-state index contributed by atoms with van der Waals surface area (Å²) in [6.45, 7) is 0.825. The second kappa shape index (κ2) is 4.18. The van der Waals surface area contributed by atoms with E-state index < -0.39 is 0 Å². The topological polar surface area (TPSA) is 54.3 Å². The van der Waals surface area contributed by atoms with Crippen molar-refractivity contribution in [3.8, 4) is 0 Å². The molecule has 1 saturated heterocycles. The van der Waals surface area contributed by atoms with Gasteiger partial charge < -0.3 is 15.0 Å². The van der Waals surface area contributed by atoms with Gasteiger partial charge in [-0.3, -0.25) is 4.79 Å². The van der Waals surface area contributed by atoms with Crippen molar-refractivity contribution < 1.29 is 9.90 Å². The van der Waals surface area contributed by atoms with Crippen molar-refractivity contribution in [3.05, 3.63) is 23.5 Å². The number of carbonyl (C=O) groups is 1. The average Bonchev–Trinajstić information content (AvgIpc) is 2.86. The van der Waals surface area contributed by atoms with Gasteiger partial charge in [0.1, 0.15) is 0 Å². The first-order valence-corrected chi connectivity index (χ1v) is 6.38. The van der Waals surface area contributed by atoms with E-state index in [0.29, 0.717) is 6.42 Å². The van der Waals surface area contributed by atoms with Gasteiger partial charge in [-0.2, -0.15) is 0 Å². The molecule has 1 aromatic heterocycles. The molecule has 1 aliphatic carbocycles. The van der Waals surface area contributed by atoms with Crippen LogP contribution in [0.2, 0.25) is 0 Å². The summed E-state index contributed by atoms with van der Waals surface area (Å²) < 4.78 is 2.12. The predicted octanol–water partition coefficient (Wildman–Crippen LogP) is 1.14. The van der Waals surface area contributed by atoms with Crippen molar-refractivity contribution in [2.75, 3.05) is 0 Å². The number of aryl methyl sites for hydroxylation is 1. The summed E-state index contributed by atoms with van der Waals surface area (Å²) in [6.07, 6.45) is 8.45. The summed E-state index contributed by atoms with van der Waals surface area (Å²) in [5.41, 5.74) is 2.36. The normalized spacial score (nSPS) is 27.9. The molecule has 0 bridgehead atoms. The van der Waals surface area contributed by atoms with Gasteiger partial charge in [-0.25, -0.2) is 0 Å². The second-order valence-electron chi connectivity index (χ2n) is 5.15. The Labute approximate surface area is 101 Å². The van der Waals surface area contributed by atoms with E-state index in [1.54, 1.807) is 0 Å². The maximum Gasteiger partial charge on any atom is 0.220 e. The Bertz CT molecular complexity index is 439. The summed E-state index contributed by atoms with van der Waals surface area (Å²) in [5, 5.41) is 12.9. The molecule has 92 valence electrons. The number of amides is 1. The summed E-state index contributed by atoms with van der Waals surface area (Å²) in [6, 6.07) is 0.258. The lowest BCUT2D eigenvalue weighted by Crippen LogP contribution is -2.29. The molecule has 1 amide bonds. The standard InChI is InChI=1S/C13H18N2O2/c16-12-3-1-2-9-6-15(8-11(9)12)7-10-4-5-13(17)14-10/h6,8,10,12,16H,1-5,7H2,(H,14,17). The third-order valence-corrected chi connectivity index (χ3v) is 3.80. The first-order valence-electron chi connectivity index (χ1n) is 6.38. The first-order chi connectivity index (χ1) is 8.22. The Hall–Kier alpha value is -1.29. The lowest BCUT2D eigenvalue weighted by molar-refractivity contribution is -0.119. The Morgan fingerprint density at radius 1 is 1.35 bits per heavy atom. The molecule has 0 spiro atoms. The summed E-state index contributed by atoms with van der Waals surface area (Å²) >= 11 is 0. The van der Waals surface area contributed by atoms with Gasteiger partial charge in [-0.15, -0.1) is 0 Å². The molecule has 1 aliphatic heterocycles. The molecule has 3 rings (SSSR count). The number of rotatable bonds is 2. The highest BCUT2D eigenvalue weighted by molar-refractivity contribution is 5.78. The van der Waals surface area contributed by atoms with Crippen molar-refractivity contribution in [1.82, 2.24) is 9.88 Å². The molecule has 17 heavy (non-hydrogen) atoms. The van der Waals surface area contributed by atoms with Crippen LogP contribution in [0.4, 0.5) is 0 Å². The van der Waals surface area contributed by atoms with E-state index >= 15 is 0 Å². The number of aromatic nitrogens is 1. The molecule has 2 atom stereocenters. The van der Waals surface area contributed by atoms with Gasteiger partial charge in [0.05, 0.1) is 6.10 Å². The summed E-state index contributed by atoms with van der Waals surface area (Å²) in [5.74, 6) is 0.159. The van der Waals surface area contributed by atoms with Crippen LogP contribution in [0, 0.1) is 0 Å². The fourth-order valence-electron chi connectivity index (χ4n) is 2.90. The van der Waals surface area contributed by atoms with Gasteiger partial charge in [-0.05, 0) is 31.2 Å². The van der Waals surface area contributed by atoms with Crippen LogP contribution in [0.1, 0.15) is 42.9 Å². The third kappa shape index (κ3) is 2.09. The number of nitrogens with one attached hydrogen (secondary N) is 1. The number of nitrogens with zero attached hydrogens (tertiary/aromatic N) is 1. The minimum atomic E-state index is -0.293. The summed E-state index contributed by atoms with van der Waals surface area (Å²) in [7, 11) is 0. The Kier molecular flexibility index (Phi) is 2.67. The minimum Gasteiger partial charge on any atom is -0.388 e. The van der Waals surface area contributed by atoms with Crippen molar-refractivity contribution in [3.63, 3.8) is 0 Å². The van der Waals surface area contributed by atoms with Crippen molar-refractivity contribution in [2.45, 2.75) is 50.8 Å².